The van der Waals surface area contributed by atoms with Crippen molar-refractivity contribution < 1.29 is 19.1 Å². The molecule has 2 fully saturated rings. The van der Waals surface area contributed by atoms with Crippen LogP contribution in [0, 0.1) is 5.92 Å². The van der Waals surface area contributed by atoms with Crippen molar-refractivity contribution in [1.82, 2.24) is 19.8 Å². The van der Waals surface area contributed by atoms with E-state index in [0.717, 1.165) is 25.7 Å². The zero-order chi connectivity index (χ0) is 21.0. The summed E-state index contributed by atoms with van der Waals surface area (Å²) in [5, 5.41) is 0.449. The van der Waals surface area contributed by atoms with Crippen LogP contribution in [0.15, 0.2) is 12.4 Å². The smallest absolute Gasteiger partial charge is 0.410 e. The molecule has 0 spiro atoms. The molecule has 0 bridgehead atoms. The molecule has 2 unspecified atom stereocenters. The van der Waals surface area contributed by atoms with Gasteiger partial charge >= 0.3 is 12.1 Å². The predicted molar refractivity (Wildman–Crippen MR) is 108 cm³/mol. The third kappa shape index (κ3) is 6.19. The molecule has 2 saturated heterocycles. The zero-order valence-electron chi connectivity index (χ0n) is 17.3. The van der Waals surface area contributed by atoms with Gasteiger partial charge in [0.1, 0.15) is 11.7 Å². The number of ether oxygens (including phenoxy) is 2. The normalized spacial score (nSPS) is 22.9. The summed E-state index contributed by atoms with van der Waals surface area (Å²) >= 11 is 5.80. The van der Waals surface area contributed by atoms with E-state index in [2.05, 4.69) is 9.97 Å². The van der Waals surface area contributed by atoms with Crippen molar-refractivity contribution in [1.29, 1.82) is 0 Å². The van der Waals surface area contributed by atoms with Crippen LogP contribution in [0.4, 0.5) is 4.79 Å². The van der Waals surface area contributed by atoms with Crippen LogP contribution < -0.4 is 4.74 Å². The molecule has 8 nitrogen and oxygen atoms in total. The minimum atomic E-state index is -0.546. The minimum Gasteiger partial charge on any atom is -0.458 e. The first-order chi connectivity index (χ1) is 13.7. The van der Waals surface area contributed by atoms with Crippen molar-refractivity contribution in [3.8, 4) is 6.01 Å². The molecular formula is C20H29ClN4O4. The number of piperidine rings is 2. The zero-order valence-corrected chi connectivity index (χ0v) is 18.0. The fraction of sp³-hybridized carbons (Fsp3) is 0.700. The highest BCUT2D eigenvalue weighted by Gasteiger charge is 2.35. The van der Waals surface area contributed by atoms with E-state index in [1.54, 1.807) is 4.90 Å². The molecule has 2 aliphatic heterocycles. The summed E-state index contributed by atoms with van der Waals surface area (Å²) in [6, 6.07) is 0.266. The SMILES string of the molecule is CC(C)(C)OC(=O)N1CCCC(C(=O)N2CCCC(Oc3ncc(Cl)cn3)C2)C1. The number of carbonyl (C=O) groups is 2. The van der Waals surface area contributed by atoms with Crippen LogP contribution >= 0.6 is 11.6 Å². The van der Waals surface area contributed by atoms with Gasteiger partial charge in [0, 0.05) is 19.6 Å². The Labute approximate surface area is 176 Å². The van der Waals surface area contributed by atoms with Gasteiger partial charge in [-0.2, -0.15) is 0 Å². The second-order valence-corrected chi connectivity index (χ2v) is 9.05. The molecule has 0 aliphatic carbocycles. The van der Waals surface area contributed by atoms with E-state index in [-0.39, 0.29) is 30.0 Å². The highest BCUT2D eigenvalue weighted by molar-refractivity contribution is 6.30. The van der Waals surface area contributed by atoms with E-state index >= 15 is 0 Å². The molecule has 3 heterocycles. The van der Waals surface area contributed by atoms with E-state index in [9.17, 15) is 9.59 Å². The van der Waals surface area contributed by atoms with Gasteiger partial charge in [-0.25, -0.2) is 14.8 Å². The molecule has 3 rings (SSSR count). The van der Waals surface area contributed by atoms with Crippen LogP contribution in [-0.2, 0) is 9.53 Å². The second kappa shape index (κ2) is 9.15. The molecule has 1 aromatic heterocycles. The third-order valence-electron chi connectivity index (χ3n) is 4.98. The largest absolute Gasteiger partial charge is 0.458 e. The van der Waals surface area contributed by atoms with Gasteiger partial charge < -0.3 is 19.3 Å². The molecule has 2 atom stereocenters. The van der Waals surface area contributed by atoms with Crippen LogP contribution in [0.5, 0.6) is 6.01 Å². The van der Waals surface area contributed by atoms with Gasteiger partial charge in [-0.1, -0.05) is 11.6 Å². The highest BCUT2D eigenvalue weighted by Crippen LogP contribution is 2.24. The van der Waals surface area contributed by atoms with Crippen molar-refractivity contribution in [3.63, 3.8) is 0 Å². The Morgan fingerprint density at radius 3 is 2.41 bits per heavy atom. The van der Waals surface area contributed by atoms with Gasteiger partial charge in [0.2, 0.25) is 5.91 Å². The van der Waals surface area contributed by atoms with Crippen molar-refractivity contribution in [3.05, 3.63) is 17.4 Å². The maximum Gasteiger partial charge on any atom is 0.410 e. The number of carbonyl (C=O) groups excluding carboxylic acids is 2. The van der Waals surface area contributed by atoms with Crippen LogP contribution in [0.3, 0.4) is 0 Å². The Balaban J connectivity index is 1.56. The van der Waals surface area contributed by atoms with E-state index < -0.39 is 5.60 Å². The maximum atomic E-state index is 13.1. The lowest BCUT2D eigenvalue weighted by Crippen LogP contribution is -2.51. The summed E-state index contributed by atoms with van der Waals surface area (Å²) in [6.45, 7) is 7.74. The van der Waals surface area contributed by atoms with Gasteiger partial charge in [0.15, 0.2) is 0 Å². The Morgan fingerprint density at radius 1 is 1.07 bits per heavy atom. The Bertz CT molecular complexity index is 722. The number of amides is 2. The van der Waals surface area contributed by atoms with Crippen molar-refractivity contribution in [2.75, 3.05) is 26.2 Å². The molecule has 29 heavy (non-hydrogen) atoms. The molecule has 2 aliphatic rings. The molecule has 0 saturated carbocycles. The lowest BCUT2D eigenvalue weighted by molar-refractivity contribution is -0.139. The summed E-state index contributed by atoms with van der Waals surface area (Å²) in [4.78, 5) is 37.1. The third-order valence-corrected chi connectivity index (χ3v) is 5.18. The first kappa shape index (κ1) is 21.6. The fourth-order valence-electron chi connectivity index (χ4n) is 3.67. The van der Waals surface area contributed by atoms with Gasteiger partial charge in [0.05, 0.1) is 29.9 Å². The molecule has 160 valence electrons. The molecular weight excluding hydrogens is 396 g/mol. The number of halogens is 1. The summed E-state index contributed by atoms with van der Waals surface area (Å²) in [5.74, 6) is -0.134. The van der Waals surface area contributed by atoms with Crippen molar-refractivity contribution >= 4 is 23.6 Å². The molecule has 0 N–H and O–H groups in total. The van der Waals surface area contributed by atoms with Crippen LogP contribution in [0.2, 0.25) is 5.02 Å². The average Bonchev–Trinajstić information content (AvgIpc) is 2.68. The topological polar surface area (TPSA) is 84.9 Å². The van der Waals surface area contributed by atoms with Crippen molar-refractivity contribution in [2.24, 2.45) is 5.92 Å². The van der Waals surface area contributed by atoms with Gasteiger partial charge in [-0.05, 0) is 46.5 Å². The quantitative estimate of drug-likeness (QED) is 0.741. The number of aromatic nitrogens is 2. The molecule has 1 aromatic rings. The molecule has 9 heteroatoms. The van der Waals surface area contributed by atoms with Gasteiger partial charge in [0.25, 0.3) is 0 Å². The van der Waals surface area contributed by atoms with E-state index in [1.807, 2.05) is 25.7 Å². The number of rotatable bonds is 3. The summed E-state index contributed by atoms with van der Waals surface area (Å²) < 4.78 is 11.3. The lowest BCUT2D eigenvalue weighted by Gasteiger charge is -2.38. The first-order valence-corrected chi connectivity index (χ1v) is 10.5. The fourth-order valence-corrected chi connectivity index (χ4v) is 3.77. The first-order valence-electron chi connectivity index (χ1n) is 10.1. The lowest BCUT2D eigenvalue weighted by atomic mass is 9.95. The second-order valence-electron chi connectivity index (χ2n) is 8.62. The minimum absolute atomic E-state index is 0.0728. The van der Waals surface area contributed by atoms with Gasteiger partial charge in [-0.15, -0.1) is 0 Å². The molecule has 0 aromatic carbocycles. The molecule has 2 amide bonds. The summed E-state index contributed by atoms with van der Waals surface area (Å²) in [7, 11) is 0. The Morgan fingerprint density at radius 2 is 1.72 bits per heavy atom. The Hall–Kier alpha value is -2.09. The maximum absolute atomic E-state index is 13.1. The number of nitrogens with zero attached hydrogens (tertiary/aromatic N) is 4. The monoisotopic (exact) mass is 424 g/mol. The standard InChI is InChI=1S/C20H29ClN4O4/c1-20(2,3)29-19(27)25-9-4-6-14(12-25)17(26)24-8-5-7-16(13-24)28-18-22-10-15(21)11-23-18/h10-11,14,16H,4-9,12-13H2,1-3H3. The van der Waals surface area contributed by atoms with Crippen LogP contribution in [0.25, 0.3) is 0 Å². The van der Waals surface area contributed by atoms with Crippen LogP contribution in [0.1, 0.15) is 46.5 Å². The van der Waals surface area contributed by atoms with E-state index in [4.69, 9.17) is 21.1 Å². The number of hydrogen-bond acceptors (Lipinski definition) is 6. The van der Waals surface area contributed by atoms with Crippen LogP contribution in [-0.4, -0.2) is 69.7 Å². The van der Waals surface area contributed by atoms with Gasteiger partial charge in [-0.3, -0.25) is 4.79 Å². The highest BCUT2D eigenvalue weighted by atomic mass is 35.5. The van der Waals surface area contributed by atoms with E-state index in [1.165, 1.54) is 12.4 Å². The van der Waals surface area contributed by atoms with Crippen molar-refractivity contribution in [2.45, 2.75) is 58.2 Å². The molecule has 0 radical (unpaired) electrons. The number of likely N-dealkylation sites (tertiary alicyclic amines) is 2. The Kier molecular flexibility index (Phi) is 6.82. The summed E-state index contributed by atoms with van der Waals surface area (Å²) in [6.07, 6.45) is 5.74. The van der Waals surface area contributed by atoms with E-state index in [0.29, 0.717) is 31.2 Å². The predicted octanol–water partition coefficient (Wildman–Crippen LogP) is 3.15. The average molecular weight is 425 g/mol. The summed E-state index contributed by atoms with van der Waals surface area (Å²) in [5.41, 5.74) is -0.546. The number of hydrogen-bond donors (Lipinski definition) is 0.